The predicted octanol–water partition coefficient (Wildman–Crippen LogP) is 4.83. The molecule has 1 N–H and O–H groups in total. The van der Waals surface area contributed by atoms with Crippen molar-refractivity contribution in [3.8, 4) is 5.75 Å². The van der Waals surface area contributed by atoms with Crippen LogP contribution in [0.1, 0.15) is 26.3 Å². The highest BCUT2D eigenvalue weighted by Gasteiger charge is 2.39. The number of halogens is 1. The molecule has 3 aromatic carbocycles. The molecule has 7 nitrogen and oxygen atoms in total. The average molecular weight is 494 g/mol. The molecule has 9 heteroatoms. The zero-order chi connectivity index (χ0) is 24.0. The highest BCUT2D eigenvalue weighted by atomic mass is 35.5. The second-order valence-electron chi connectivity index (χ2n) is 7.67. The number of ketones is 1. The number of carbonyl (C=O) groups is 2. The predicted molar refractivity (Wildman–Crippen MR) is 126 cm³/mol. The van der Waals surface area contributed by atoms with E-state index in [4.69, 9.17) is 21.4 Å². The van der Waals surface area contributed by atoms with Crippen LogP contribution in [0.5, 0.6) is 5.75 Å². The first-order valence-corrected chi connectivity index (χ1v) is 12.0. The molecule has 170 valence electrons. The Morgan fingerprint density at radius 1 is 1.03 bits per heavy atom. The molecule has 0 radical (unpaired) electrons. The van der Waals surface area contributed by atoms with E-state index in [-0.39, 0.29) is 26.0 Å². The lowest BCUT2D eigenvalue weighted by Crippen LogP contribution is -2.19. The number of Topliss-reactive ketones (excluding diaryl/α,β-unsaturated/α-hetero) is 1. The summed E-state index contributed by atoms with van der Waals surface area (Å²) < 4.78 is 31.8. The Bertz CT molecular complexity index is 1520. The van der Waals surface area contributed by atoms with E-state index in [9.17, 15) is 18.0 Å². The van der Waals surface area contributed by atoms with Crippen molar-refractivity contribution < 1.29 is 27.9 Å². The van der Waals surface area contributed by atoms with Crippen LogP contribution in [0.3, 0.4) is 0 Å². The molecule has 0 amide bonds. The van der Waals surface area contributed by atoms with Gasteiger partial charge in [0.1, 0.15) is 4.91 Å². The van der Waals surface area contributed by atoms with Crippen molar-refractivity contribution in [2.24, 2.45) is 0 Å². The molecule has 3 aromatic rings. The van der Waals surface area contributed by atoms with Crippen molar-refractivity contribution in [2.45, 2.75) is 11.4 Å². The molecule has 0 atom stereocenters. The fourth-order valence-corrected chi connectivity index (χ4v) is 5.67. The van der Waals surface area contributed by atoms with Crippen LogP contribution in [-0.2, 0) is 16.4 Å². The number of benzene rings is 3. The first-order chi connectivity index (χ1) is 16.3. The number of rotatable bonds is 4. The van der Waals surface area contributed by atoms with E-state index >= 15 is 0 Å². The van der Waals surface area contributed by atoms with Crippen molar-refractivity contribution in [1.82, 2.24) is 0 Å². The summed E-state index contributed by atoms with van der Waals surface area (Å²) in [5, 5.41) is 9.35. The fourth-order valence-electron chi connectivity index (χ4n) is 3.87. The molecule has 0 bridgehead atoms. The van der Waals surface area contributed by atoms with Crippen LogP contribution in [0.4, 0.5) is 5.69 Å². The zero-order valence-corrected chi connectivity index (χ0v) is 19.0. The second-order valence-corrected chi connectivity index (χ2v) is 9.99. The van der Waals surface area contributed by atoms with E-state index in [2.05, 4.69) is 0 Å². The van der Waals surface area contributed by atoms with Gasteiger partial charge in [-0.2, -0.15) is 0 Å². The molecular formula is C25H16ClNO6S. The molecule has 5 rings (SSSR count). The summed E-state index contributed by atoms with van der Waals surface area (Å²) in [5.74, 6) is -0.717. The van der Waals surface area contributed by atoms with Crippen molar-refractivity contribution in [1.29, 1.82) is 0 Å². The largest absolute Gasteiger partial charge is 0.478 e. The van der Waals surface area contributed by atoms with Crippen molar-refractivity contribution in [2.75, 3.05) is 4.90 Å². The number of para-hydroxylation sites is 2. The van der Waals surface area contributed by atoms with Gasteiger partial charge in [-0.05, 0) is 54.1 Å². The number of sulfone groups is 1. The third kappa shape index (κ3) is 3.67. The Kier molecular flexibility index (Phi) is 5.27. The van der Waals surface area contributed by atoms with Gasteiger partial charge in [0, 0.05) is 16.7 Å². The molecule has 2 aliphatic rings. The quantitative estimate of drug-likeness (QED) is 0.519. The van der Waals surface area contributed by atoms with Gasteiger partial charge in [0.2, 0.25) is 21.5 Å². The topological polar surface area (TPSA) is 101 Å². The Hall–Kier alpha value is -3.88. The zero-order valence-electron chi connectivity index (χ0n) is 17.4. The SMILES string of the molecule is O=C(O)c1ccc(CN2/C(=C/C=C3/C(=O)c4ccc(Cl)cc4S3(=O)=O)Oc3ccccc32)cc1. The molecule has 0 saturated carbocycles. The number of allylic oxidation sites excluding steroid dienone is 3. The number of aromatic carboxylic acids is 1. The van der Waals surface area contributed by atoms with Crippen LogP contribution < -0.4 is 9.64 Å². The molecular weight excluding hydrogens is 478 g/mol. The van der Waals surface area contributed by atoms with Crippen LogP contribution in [-0.4, -0.2) is 25.3 Å². The minimum Gasteiger partial charge on any atom is -0.478 e. The molecule has 0 saturated heterocycles. The lowest BCUT2D eigenvalue weighted by Gasteiger charge is -2.18. The molecule has 0 aliphatic carbocycles. The van der Waals surface area contributed by atoms with Crippen LogP contribution >= 0.6 is 11.6 Å². The van der Waals surface area contributed by atoms with E-state index in [1.165, 1.54) is 42.5 Å². The Morgan fingerprint density at radius 3 is 2.50 bits per heavy atom. The van der Waals surface area contributed by atoms with Gasteiger partial charge in [-0.15, -0.1) is 0 Å². The number of nitrogens with zero attached hydrogens (tertiary/aromatic N) is 1. The Balaban J connectivity index is 1.52. The lowest BCUT2D eigenvalue weighted by atomic mass is 10.1. The molecule has 0 unspecified atom stereocenters. The Labute approximate surface area is 200 Å². The van der Waals surface area contributed by atoms with Gasteiger partial charge in [-0.25, -0.2) is 13.2 Å². The minimum absolute atomic E-state index is 0.0834. The van der Waals surface area contributed by atoms with Gasteiger partial charge in [0.25, 0.3) is 0 Å². The smallest absolute Gasteiger partial charge is 0.335 e. The van der Waals surface area contributed by atoms with E-state index in [0.717, 1.165) is 11.3 Å². The number of carboxylic acid groups (broad SMARTS) is 1. The fraction of sp³-hybridized carbons (Fsp3) is 0.0400. The summed E-state index contributed by atoms with van der Waals surface area (Å²) in [7, 11) is -4.01. The average Bonchev–Trinajstić information content (AvgIpc) is 3.24. The first-order valence-electron chi connectivity index (χ1n) is 10.1. The number of hydrogen-bond donors (Lipinski definition) is 1. The molecule has 34 heavy (non-hydrogen) atoms. The Morgan fingerprint density at radius 2 is 1.76 bits per heavy atom. The van der Waals surface area contributed by atoms with E-state index in [1.807, 2.05) is 23.1 Å². The maximum atomic E-state index is 13.0. The van der Waals surface area contributed by atoms with E-state index in [1.54, 1.807) is 18.2 Å². The van der Waals surface area contributed by atoms with Gasteiger partial charge in [0.05, 0.1) is 22.7 Å². The highest BCUT2D eigenvalue weighted by Crippen LogP contribution is 2.40. The summed E-state index contributed by atoms with van der Waals surface area (Å²) in [5.41, 5.74) is 1.83. The number of ether oxygens (including phenoxy) is 1. The van der Waals surface area contributed by atoms with Gasteiger partial charge >= 0.3 is 5.97 Å². The third-order valence-electron chi connectivity index (χ3n) is 5.55. The summed E-state index contributed by atoms with van der Waals surface area (Å²) in [6, 6.07) is 17.9. The number of fused-ring (bicyclic) bond motifs is 2. The molecule has 0 aromatic heterocycles. The number of carboxylic acids is 1. The maximum absolute atomic E-state index is 13.0. The minimum atomic E-state index is -4.01. The van der Waals surface area contributed by atoms with Crippen LogP contribution in [0.25, 0.3) is 0 Å². The number of hydrogen-bond acceptors (Lipinski definition) is 6. The first kappa shape index (κ1) is 21.9. The van der Waals surface area contributed by atoms with Crippen molar-refractivity contribution in [3.63, 3.8) is 0 Å². The van der Waals surface area contributed by atoms with Gasteiger partial charge in [0.15, 0.2) is 5.75 Å². The van der Waals surface area contributed by atoms with Crippen molar-refractivity contribution >= 4 is 38.9 Å². The highest BCUT2D eigenvalue weighted by molar-refractivity contribution is 7.97. The normalized spacial score (nSPS) is 18.1. The number of anilines is 1. The summed E-state index contributed by atoms with van der Waals surface area (Å²) in [6.45, 7) is 0.336. The van der Waals surface area contributed by atoms with Crippen LogP contribution in [0.2, 0.25) is 5.02 Å². The molecule has 0 fully saturated rings. The summed E-state index contributed by atoms with van der Waals surface area (Å²) in [6.07, 6.45) is 2.69. The summed E-state index contributed by atoms with van der Waals surface area (Å²) >= 11 is 5.94. The lowest BCUT2D eigenvalue weighted by molar-refractivity contribution is 0.0696. The summed E-state index contributed by atoms with van der Waals surface area (Å²) in [4.78, 5) is 25.3. The van der Waals surface area contributed by atoms with E-state index < -0.39 is 21.6 Å². The van der Waals surface area contributed by atoms with E-state index in [0.29, 0.717) is 18.2 Å². The van der Waals surface area contributed by atoms with Gasteiger partial charge < -0.3 is 14.7 Å². The van der Waals surface area contributed by atoms with Gasteiger partial charge in [-0.3, -0.25) is 4.79 Å². The van der Waals surface area contributed by atoms with Crippen molar-refractivity contribution in [3.05, 3.63) is 111 Å². The standard InChI is InChI=1S/C25H16ClNO6S/c26-17-9-10-18-22(13-17)34(31,32)21(24(18)28)11-12-23-27(19-3-1-2-4-20(19)33-23)14-15-5-7-16(8-6-15)25(29)30/h1-13H,14H2,(H,29,30)/b21-11-,23-12-. The maximum Gasteiger partial charge on any atom is 0.335 e. The van der Waals surface area contributed by atoms with Gasteiger partial charge in [-0.1, -0.05) is 35.9 Å². The monoisotopic (exact) mass is 493 g/mol. The third-order valence-corrected chi connectivity index (χ3v) is 7.60. The molecule has 0 spiro atoms. The molecule has 2 aliphatic heterocycles. The number of carbonyl (C=O) groups excluding carboxylic acids is 1. The molecule has 2 heterocycles. The second kappa shape index (κ2) is 8.16. The van der Waals surface area contributed by atoms with Crippen LogP contribution in [0, 0.1) is 0 Å². The van der Waals surface area contributed by atoms with Crippen LogP contribution in [0.15, 0.2) is 94.6 Å².